The summed E-state index contributed by atoms with van der Waals surface area (Å²) in [6.45, 7) is 1.88. The van der Waals surface area contributed by atoms with Crippen LogP contribution >= 0.6 is 11.6 Å². The molecule has 0 saturated heterocycles. The first-order valence-electron chi connectivity index (χ1n) is 14.6. The van der Waals surface area contributed by atoms with Gasteiger partial charge in [0.1, 0.15) is 40.0 Å². The molecule has 244 valence electrons. The number of nitrogens with one attached hydrogen (secondary N) is 1. The van der Waals surface area contributed by atoms with Crippen LogP contribution in [0.3, 0.4) is 0 Å². The normalized spacial score (nSPS) is 14.7. The summed E-state index contributed by atoms with van der Waals surface area (Å²) in [7, 11) is 1.45. The van der Waals surface area contributed by atoms with Crippen molar-refractivity contribution in [3.05, 3.63) is 111 Å². The van der Waals surface area contributed by atoms with Gasteiger partial charge < -0.3 is 20.3 Å². The predicted octanol–water partition coefficient (Wildman–Crippen LogP) is 6.54. The van der Waals surface area contributed by atoms with Crippen LogP contribution in [0.15, 0.2) is 60.8 Å². The molecule has 0 bridgehead atoms. The Labute approximate surface area is 271 Å². The first-order valence-corrected chi connectivity index (χ1v) is 15.0. The third-order valence-corrected chi connectivity index (χ3v) is 8.40. The highest BCUT2D eigenvalue weighted by atomic mass is 35.5. The van der Waals surface area contributed by atoms with Gasteiger partial charge in [-0.2, -0.15) is 5.10 Å². The van der Waals surface area contributed by atoms with E-state index in [1.165, 1.54) is 39.2 Å². The second-order valence-electron chi connectivity index (χ2n) is 12.0. The predicted molar refractivity (Wildman–Crippen MR) is 166 cm³/mol. The maximum Gasteiger partial charge on any atom is 0.251 e. The van der Waals surface area contributed by atoms with Crippen molar-refractivity contribution >= 4 is 28.4 Å². The Bertz CT molecular complexity index is 2040. The van der Waals surface area contributed by atoms with Crippen LogP contribution in [-0.4, -0.2) is 44.5 Å². The molecule has 0 unspecified atom stereocenters. The topological polar surface area (TPSA) is 110 Å². The lowest BCUT2D eigenvalue weighted by molar-refractivity contribution is 0.0623. The number of halogens is 5. The lowest BCUT2D eigenvalue weighted by Gasteiger charge is -2.31. The lowest BCUT2D eigenvalue weighted by Crippen LogP contribution is -2.43. The number of pyridine rings is 1. The molecule has 1 aliphatic rings. The summed E-state index contributed by atoms with van der Waals surface area (Å²) >= 11 is 5.89. The van der Waals surface area contributed by atoms with Crippen molar-refractivity contribution in [3.63, 3.8) is 0 Å². The molecule has 8 nitrogen and oxygen atoms in total. The highest BCUT2D eigenvalue weighted by Gasteiger charge is 2.38. The number of fused-ring (bicyclic) bond motifs is 1. The Kier molecular flexibility index (Phi) is 8.23. The number of hydrogen-bond donors (Lipinski definition) is 3. The zero-order chi connectivity index (χ0) is 33.8. The molecular formula is C34H29ClF4N4O4. The molecule has 2 heterocycles. The third-order valence-electron chi connectivity index (χ3n) is 8.11. The monoisotopic (exact) mass is 668 g/mol. The molecule has 3 aromatic carbocycles. The van der Waals surface area contributed by atoms with Gasteiger partial charge in [-0.25, -0.2) is 22.5 Å². The van der Waals surface area contributed by atoms with Gasteiger partial charge in [0, 0.05) is 34.3 Å². The Morgan fingerprint density at radius 3 is 2.47 bits per heavy atom. The molecule has 0 spiro atoms. The van der Waals surface area contributed by atoms with Crippen molar-refractivity contribution < 1.29 is 37.3 Å². The van der Waals surface area contributed by atoms with E-state index in [9.17, 15) is 23.8 Å². The number of aromatic nitrogens is 3. The third kappa shape index (κ3) is 6.16. The van der Waals surface area contributed by atoms with Crippen LogP contribution in [0.4, 0.5) is 17.6 Å². The van der Waals surface area contributed by atoms with E-state index in [4.69, 9.17) is 16.3 Å². The number of nitrogens with zero attached hydrogens (tertiary/aromatic N) is 3. The molecule has 0 aliphatic heterocycles. The van der Waals surface area contributed by atoms with Crippen LogP contribution in [-0.2, 0) is 11.2 Å². The summed E-state index contributed by atoms with van der Waals surface area (Å²) in [6.07, 6.45) is 3.81. The van der Waals surface area contributed by atoms with E-state index in [1.54, 1.807) is 6.07 Å². The van der Waals surface area contributed by atoms with Crippen LogP contribution in [0, 0.1) is 23.3 Å². The fourth-order valence-corrected chi connectivity index (χ4v) is 5.56. The quantitative estimate of drug-likeness (QED) is 0.122. The van der Waals surface area contributed by atoms with Crippen LogP contribution in [0.25, 0.3) is 22.2 Å². The van der Waals surface area contributed by atoms with Crippen molar-refractivity contribution in [2.75, 3.05) is 13.7 Å². The van der Waals surface area contributed by atoms with E-state index < -0.39 is 68.8 Å². The largest absolute Gasteiger partial charge is 0.494 e. The number of rotatable bonds is 9. The summed E-state index contributed by atoms with van der Waals surface area (Å²) in [5.41, 5.74) is -5.69. The number of benzene rings is 3. The molecule has 1 saturated carbocycles. The van der Waals surface area contributed by atoms with Crippen LogP contribution in [0.2, 0.25) is 5.02 Å². The zero-order valence-corrected chi connectivity index (χ0v) is 26.2. The minimum absolute atomic E-state index is 0.0964. The zero-order valence-electron chi connectivity index (χ0n) is 25.4. The summed E-state index contributed by atoms with van der Waals surface area (Å²) in [5.74, 6) is -4.51. The summed E-state index contributed by atoms with van der Waals surface area (Å²) in [6, 6.07) is 10.5. The average Bonchev–Trinajstić information content (AvgIpc) is 3.79. The number of carbonyl (C=O) groups excluding carboxylic acids is 1. The van der Waals surface area contributed by atoms with E-state index in [-0.39, 0.29) is 22.9 Å². The first-order chi connectivity index (χ1) is 22.2. The minimum atomic E-state index is -2.37. The van der Waals surface area contributed by atoms with Gasteiger partial charge in [-0.05, 0) is 68.7 Å². The summed E-state index contributed by atoms with van der Waals surface area (Å²) in [4.78, 5) is 17.8. The molecule has 5 aromatic rings. The highest BCUT2D eigenvalue weighted by Crippen LogP contribution is 2.39. The second-order valence-corrected chi connectivity index (χ2v) is 12.4. The average molecular weight is 669 g/mol. The van der Waals surface area contributed by atoms with Gasteiger partial charge in [0.05, 0.1) is 36.0 Å². The van der Waals surface area contributed by atoms with Crippen LogP contribution in [0.1, 0.15) is 59.9 Å². The molecule has 3 N–H and O–H groups in total. The van der Waals surface area contributed by atoms with Gasteiger partial charge in [0.15, 0.2) is 5.82 Å². The molecule has 1 amide bonds. The smallest absolute Gasteiger partial charge is 0.251 e. The van der Waals surface area contributed by atoms with Gasteiger partial charge in [0.2, 0.25) is 0 Å². The Hall–Kier alpha value is -4.52. The molecule has 1 aliphatic carbocycles. The van der Waals surface area contributed by atoms with Crippen molar-refractivity contribution in [3.8, 4) is 17.0 Å². The number of carbonyl (C=O) groups is 1. The number of hydrogen-bond acceptors (Lipinski definition) is 6. The first kappa shape index (κ1) is 32.4. The maximum absolute atomic E-state index is 15.9. The van der Waals surface area contributed by atoms with Crippen molar-refractivity contribution in [2.24, 2.45) is 0 Å². The molecule has 13 heteroatoms. The van der Waals surface area contributed by atoms with Crippen molar-refractivity contribution in [1.29, 1.82) is 0 Å². The van der Waals surface area contributed by atoms with Gasteiger partial charge in [-0.15, -0.1) is 0 Å². The minimum Gasteiger partial charge on any atom is -0.494 e. The summed E-state index contributed by atoms with van der Waals surface area (Å²) < 4.78 is 66.8. The SMILES string of the molecule is COc1cc(C(=O)NC[C@@](O)(c2cccc(F)c2)c2cc(C(C)(C)O)c(F)c(-c3cc(Cl)c(F)cc3F)n2)cc2cn(C3CC3)nc12. The maximum atomic E-state index is 15.9. The van der Waals surface area contributed by atoms with Gasteiger partial charge in [0.25, 0.3) is 5.91 Å². The Balaban J connectivity index is 1.46. The fourth-order valence-electron chi connectivity index (χ4n) is 5.40. The molecule has 1 atom stereocenters. The fraction of sp³-hybridized carbons (Fsp3) is 0.265. The second kappa shape index (κ2) is 11.9. The van der Waals surface area contributed by atoms with Crippen molar-refractivity contribution in [2.45, 2.75) is 43.9 Å². The number of aliphatic hydroxyl groups is 2. The number of amides is 1. The molecule has 2 aromatic heterocycles. The van der Waals surface area contributed by atoms with Gasteiger partial charge >= 0.3 is 0 Å². The van der Waals surface area contributed by atoms with Gasteiger partial charge in [-0.3, -0.25) is 9.48 Å². The summed E-state index contributed by atoms with van der Waals surface area (Å²) in [5, 5.41) is 30.5. The molecule has 6 rings (SSSR count). The number of methoxy groups -OCH3 is 1. The lowest BCUT2D eigenvalue weighted by atomic mass is 9.86. The number of ether oxygens (including phenoxy) is 1. The highest BCUT2D eigenvalue weighted by molar-refractivity contribution is 6.31. The Morgan fingerprint density at radius 1 is 1.06 bits per heavy atom. The van der Waals surface area contributed by atoms with E-state index in [1.807, 2.05) is 10.9 Å². The van der Waals surface area contributed by atoms with E-state index in [2.05, 4.69) is 15.4 Å². The van der Waals surface area contributed by atoms with Gasteiger partial charge in [-0.1, -0.05) is 23.7 Å². The van der Waals surface area contributed by atoms with Crippen LogP contribution in [0.5, 0.6) is 5.75 Å². The van der Waals surface area contributed by atoms with E-state index in [0.717, 1.165) is 37.1 Å². The molecule has 0 radical (unpaired) electrons. The molecular weight excluding hydrogens is 640 g/mol. The van der Waals surface area contributed by atoms with E-state index >= 15 is 8.78 Å². The Morgan fingerprint density at radius 2 is 1.81 bits per heavy atom. The van der Waals surface area contributed by atoms with Crippen LogP contribution < -0.4 is 10.1 Å². The molecule has 47 heavy (non-hydrogen) atoms. The van der Waals surface area contributed by atoms with Crippen molar-refractivity contribution in [1.82, 2.24) is 20.1 Å². The van der Waals surface area contributed by atoms with E-state index in [0.29, 0.717) is 22.7 Å². The standard InChI is InChI=1S/C34H29ClF4N4O4/c1-33(2,45)23-13-28(41-31(29(23)39)22-12-24(35)26(38)14-25(22)37)34(46,19-5-4-6-20(36)11-19)16-40-32(44)17-9-18-15-43(21-7-8-21)42-30(18)27(10-17)47-3/h4-6,9-15,21,45-46H,7-8,16H2,1-3H3,(H,40,44)/t34-/m1/s1. The molecule has 1 fully saturated rings.